The lowest BCUT2D eigenvalue weighted by Crippen LogP contribution is -2.46. The second-order valence-corrected chi connectivity index (χ2v) is 7.20. The van der Waals surface area contributed by atoms with Crippen molar-refractivity contribution in [3.05, 3.63) is 29.8 Å². The highest BCUT2D eigenvalue weighted by Crippen LogP contribution is 2.55. The molecule has 0 bridgehead atoms. The van der Waals surface area contributed by atoms with Gasteiger partial charge >= 0.3 is 0 Å². The van der Waals surface area contributed by atoms with E-state index in [0.29, 0.717) is 17.4 Å². The van der Waals surface area contributed by atoms with Crippen LogP contribution in [0.1, 0.15) is 51.6 Å². The van der Waals surface area contributed by atoms with Gasteiger partial charge in [-0.1, -0.05) is 39.0 Å². The van der Waals surface area contributed by atoms with Crippen molar-refractivity contribution in [1.82, 2.24) is 5.32 Å². The van der Waals surface area contributed by atoms with Gasteiger partial charge in [-0.3, -0.25) is 0 Å². The highest BCUT2D eigenvalue weighted by Gasteiger charge is 2.53. The largest absolute Gasteiger partial charge is 0.487 e. The molecule has 2 heteroatoms. The molecule has 19 heavy (non-hydrogen) atoms. The number of rotatable bonds is 1. The maximum atomic E-state index is 6.52. The Kier molecular flexibility index (Phi) is 2.90. The van der Waals surface area contributed by atoms with Gasteiger partial charge < -0.3 is 10.1 Å². The third kappa shape index (κ3) is 2.06. The minimum absolute atomic E-state index is 0.0194. The number of benzene rings is 1. The molecule has 1 heterocycles. The van der Waals surface area contributed by atoms with Crippen LogP contribution in [0.3, 0.4) is 0 Å². The van der Waals surface area contributed by atoms with Gasteiger partial charge in [-0.15, -0.1) is 0 Å². The lowest BCUT2D eigenvalue weighted by atomic mass is 9.80. The molecule has 0 amide bonds. The van der Waals surface area contributed by atoms with E-state index >= 15 is 0 Å². The van der Waals surface area contributed by atoms with Crippen molar-refractivity contribution >= 4 is 0 Å². The topological polar surface area (TPSA) is 21.3 Å². The van der Waals surface area contributed by atoms with Gasteiger partial charge in [0.25, 0.3) is 0 Å². The highest BCUT2D eigenvalue weighted by atomic mass is 16.5. The van der Waals surface area contributed by atoms with Gasteiger partial charge in [0, 0.05) is 18.0 Å². The first-order valence-corrected chi connectivity index (χ1v) is 7.41. The Labute approximate surface area is 116 Å². The minimum atomic E-state index is 0.0194. The summed E-state index contributed by atoms with van der Waals surface area (Å²) in [6, 6.07) is 8.91. The minimum Gasteiger partial charge on any atom is -0.487 e. The van der Waals surface area contributed by atoms with Gasteiger partial charge in [-0.05, 0) is 37.3 Å². The maximum Gasteiger partial charge on any atom is 0.124 e. The molecule has 0 aromatic heterocycles. The quantitative estimate of drug-likeness (QED) is 0.825. The summed E-state index contributed by atoms with van der Waals surface area (Å²) in [5.41, 5.74) is 1.72. The van der Waals surface area contributed by atoms with Crippen molar-refractivity contribution in [3.8, 4) is 5.75 Å². The Balaban J connectivity index is 2.00. The highest BCUT2D eigenvalue weighted by molar-refractivity contribution is 5.39. The zero-order valence-corrected chi connectivity index (χ0v) is 12.5. The molecule has 0 radical (unpaired) electrons. The number of hydrogen-bond acceptors (Lipinski definition) is 2. The summed E-state index contributed by atoms with van der Waals surface area (Å²) in [7, 11) is 2.06. The van der Waals surface area contributed by atoms with Gasteiger partial charge in [-0.2, -0.15) is 0 Å². The van der Waals surface area contributed by atoms with E-state index in [4.69, 9.17) is 4.74 Å². The molecule has 3 atom stereocenters. The smallest absolute Gasteiger partial charge is 0.124 e. The second-order valence-electron chi connectivity index (χ2n) is 7.20. The van der Waals surface area contributed by atoms with Gasteiger partial charge in [0.1, 0.15) is 11.4 Å². The number of para-hydroxylation sites is 1. The molecule has 1 saturated carbocycles. The Morgan fingerprint density at radius 3 is 2.58 bits per heavy atom. The SMILES string of the molecule is CNC1CC2(CC(C)(C)CC2C)Oc2ccccc21. The van der Waals surface area contributed by atoms with Crippen LogP contribution in [0.15, 0.2) is 24.3 Å². The van der Waals surface area contributed by atoms with Crippen molar-refractivity contribution in [2.75, 3.05) is 7.05 Å². The third-order valence-corrected chi connectivity index (χ3v) is 5.04. The molecule has 3 unspecified atom stereocenters. The van der Waals surface area contributed by atoms with E-state index in [0.717, 1.165) is 18.6 Å². The normalized spacial score (nSPS) is 36.0. The molecule has 0 saturated heterocycles. The molecule has 1 aromatic rings. The van der Waals surface area contributed by atoms with E-state index in [1.807, 2.05) is 0 Å². The van der Waals surface area contributed by atoms with Gasteiger partial charge in [0.05, 0.1) is 0 Å². The fraction of sp³-hybridized carbons (Fsp3) is 0.647. The lowest BCUT2D eigenvalue weighted by Gasteiger charge is -2.43. The summed E-state index contributed by atoms with van der Waals surface area (Å²) < 4.78 is 6.52. The zero-order valence-electron chi connectivity index (χ0n) is 12.5. The summed E-state index contributed by atoms with van der Waals surface area (Å²) in [5.74, 6) is 1.70. The van der Waals surface area contributed by atoms with Crippen molar-refractivity contribution in [2.45, 2.75) is 51.7 Å². The molecule has 1 fully saturated rings. The predicted molar refractivity (Wildman–Crippen MR) is 78.4 cm³/mol. The van der Waals surface area contributed by atoms with Crippen LogP contribution >= 0.6 is 0 Å². The van der Waals surface area contributed by atoms with Crippen LogP contribution < -0.4 is 10.1 Å². The summed E-state index contributed by atoms with van der Waals surface area (Å²) in [4.78, 5) is 0. The Hall–Kier alpha value is -1.02. The summed E-state index contributed by atoms with van der Waals surface area (Å²) >= 11 is 0. The van der Waals surface area contributed by atoms with Crippen LogP contribution in [-0.2, 0) is 0 Å². The molecule has 3 rings (SSSR count). The van der Waals surface area contributed by atoms with Crippen LogP contribution in [0.4, 0.5) is 0 Å². The first-order valence-electron chi connectivity index (χ1n) is 7.41. The summed E-state index contributed by atoms with van der Waals surface area (Å²) in [5, 5.41) is 3.48. The predicted octanol–water partition coefficient (Wildman–Crippen LogP) is 3.92. The molecule has 1 aliphatic heterocycles. The number of hydrogen-bond donors (Lipinski definition) is 1. The van der Waals surface area contributed by atoms with E-state index in [1.165, 1.54) is 12.0 Å². The maximum absolute atomic E-state index is 6.52. The number of nitrogens with one attached hydrogen (secondary N) is 1. The molecular formula is C17H25NO. The van der Waals surface area contributed by atoms with Gasteiger partial charge in [0.15, 0.2) is 0 Å². The van der Waals surface area contributed by atoms with E-state index in [2.05, 4.69) is 57.4 Å². The second kappa shape index (κ2) is 4.24. The summed E-state index contributed by atoms with van der Waals surface area (Å²) in [6.45, 7) is 7.10. The molecule has 1 spiro atoms. The van der Waals surface area contributed by atoms with Crippen LogP contribution in [0.25, 0.3) is 0 Å². The fourth-order valence-electron chi connectivity index (χ4n) is 4.32. The molecule has 1 N–H and O–H groups in total. The van der Waals surface area contributed by atoms with Crippen LogP contribution in [0.2, 0.25) is 0 Å². The molecular weight excluding hydrogens is 234 g/mol. The first kappa shape index (κ1) is 13.0. The van der Waals surface area contributed by atoms with Gasteiger partial charge in [0.2, 0.25) is 0 Å². The molecule has 1 aromatic carbocycles. The molecule has 1 aliphatic carbocycles. The molecule has 2 aliphatic rings. The average Bonchev–Trinajstić information content (AvgIpc) is 2.57. The van der Waals surface area contributed by atoms with Crippen molar-refractivity contribution in [1.29, 1.82) is 0 Å². The van der Waals surface area contributed by atoms with Crippen LogP contribution in [0.5, 0.6) is 5.75 Å². The van der Waals surface area contributed by atoms with Crippen LogP contribution in [0, 0.1) is 11.3 Å². The van der Waals surface area contributed by atoms with Crippen molar-refractivity contribution in [3.63, 3.8) is 0 Å². The third-order valence-electron chi connectivity index (χ3n) is 5.04. The lowest BCUT2D eigenvalue weighted by molar-refractivity contribution is -0.00197. The Bertz CT molecular complexity index is 482. The number of fused-ring (bicyclic) bond motifs is 1. The first-order chi connectivity index (χ1) is 8.96. The Morgan fingerprint density at radius 2 is 1.95 bits per heavy atom. The monoisotopic (exact) mass is 259 g/mol. The fourth-order valence-corrected chi connectivity index (χ4v) is 4.32. The van der Waals surface area contributed by atoms with Crippen molar-refractivity contribution in [2.24, 2.45) is 11.3 Å². The zero-order chi connectivity index (χ0) is 13.7. The van der Waals surface area contributed by atoms with E-state index < -0.39 is 0 Å². The van der Waals surface area contributed by atoms with E-state index in [-0.39, 0.29) is 5.60 Å². The standard InChI is InChI=1S/C17H25NO/c1-12-9-16(2,3)11-17(12)10-14(18-4)13-7-5-6-8-15(13)19-17/h5-8,12,14,18H,9-11H2,1-4H3. The van der Waals surface area contributed by atoms with Crippen LogP contribution in [-0.4, -0.2) is 12.6 Å². The summed E-state index contributed by atoms with van der Waals surface area (Å²) in [6.07, 6.45) is 3.50. The average molecular weight is 259 g/mol. The van der Waals surface area contributed by atoms with E-state index in [9.17, 15) is 0 Å². The Morgan fingerprint density at radius 1 is 1.21 bits per heavy atom. The molecule has 2 nitrogen and oxygen atoms in total. The van der Waals surface area contributed by atoms with E-state index in [1.54, 1.807) is 0 Å². The van der Waals surface area contributed by atoms with Crippen molar-refractivity contribution < 1.29 is 4.74 Å². The molecule has 104 valence electrons. The van der Waals surface area contributed by atoms with Gasteiger partial charge in [-0.25, -0.2) is 0 Å². The number of ether oxygens (including phenoxy) is 1.